The van der Waals surface area contributed by atoms with Crippen molar-refractivity contribution in [3.63, 3.8) is 0 Å². The van der Waals surface area contributed by atoms with Gasteiger partial charge in [-0.1, -0.05) is 36.4 Å². The number of carbonyl (C=O) groups excluding carboxylic acids is 2. The van der Waals surface area contributed by atoms with Crippen LogP contribution in [0, 0.1) is 20.8 Å². The minimum Gasteiger partial charge on any atom is -0.494 e. The van der Waals surface area contributed by atoms with E-state index in [1.165, 1.54) is 4.90 Å². The third-order valence-electron chi connectivity index (χ3n) is 5.67. The maximum atomic E-state index is 13.6. The molecule has 0 aromatic heterocycles. The summed E-state index contributed by atoms with van der Waals surface area (Å²) in [6.07, 6.45) is 0. The van der Waals surface area contributed by atoms with Gasteiger partial charge in [0, 0.05) is 5.69 Å². The third kappa shape index (κ3) is 3.89. The summed E-state index contributed by atoms with van der Waals surface area (Å²) in [4.78, 5) is 28.4. The van der Waals surface area contributed by atoms with Crippen LogP contribution in [0.2, 0.25) is 0 Å². The van der Waals surface area contributed by atoms with Gasteiger partial charge in [-0.2, -0.15) is 0 Å². The summed E-state index contributed by atoms with van der Waals surface area (Å²) in [5.74, 6) is 0.0455. The molecule has 5 nitrogen and oxygen atoms in total. The Labute approximate surface area is 188 Å². The maximum absolute atomic E-state index is 13.6. The van der Waals surface area contributed by atoms with Gasteiger partial charge in [0.15, 0.2) is 0 Å². The number of anilines is 2. The Bertz CT molecular complexity index is 1230. The summed E-state index contributed by atoms with van der Waals surface area (Å²) < 4.78 is 5.50. The zero-order valence-electron chi connectivity index (χ0n) is 18.7. The Kier molecular flexibility index (Phi) is 5.82. The van der Waals surface area contributed by atoms with Crippen molar-refractivity contribution in [2.24, 2.45) is 0 Å². The van der Waals surface area contributed by atoms with E-state index in [1.54, 1.807) is 6.07 Å². The van der Waals surface area contributed by atoms with Crippen LogP contribution in [-0.2, 0) is 9.59 Å². The first-order valence-electron chi connectivity index (χ1n) is 10.7. The van der Waals surface area contributed by atoms with Gasteiger partial charge in [0.2, 0.25) is 0 Å². The van der Waals surface area contributed by atoms with E-state index < -0.39 is 0 Å². The second-order valence-electron chi connectivity index (χ2n) is 7.86. The largest absolute Gasteiger partial charge is 0.494 e. The molecular weight excluding hydrogens is 400 g/mol. The lowest BCUT2D eigenvalue weighted by Gasteiger charge is -2.17. The number of benzene rings is 3. The van der Waals surface area contributed by atoms with Crippen molar-refractivity contribution in [2.45, 2.75) is 27.7 Å². The molecule has 5 heteroatoms. The fourth-order valence-corrected chi connectivity index (χ4v) is 3.79. The number of nitrogens with one attached hydrogen (secondary N) is 1. The van der Waals surface area contributed by atoms with Crippen molar-refractivity contribution in [1.82, 2.24) is 0 Å². The fourth-order valence-electron chi connectivity index (χ4n) is 3.79. The molecule has 0 atom stereocenters. The van der Waals surface area contributed by atoms with Gasteiger partial charge in [-0.15, -0.1) is 0 Å². The lowest BCUT2D eigenvalue weighted by atomic mass is 9.99. The third-order valence-corrected chi connectivity index (χ3v) is 5.67. The fraction of sp³-hybridized carbons (Fsp3) is 0.185. The van der Waals surface area contributed by atoms with E-state index in [1.807, 2.05) is 88.4 Å². The molecule has 0 saturated heterocycles. The van der Waals surface area contributed by atoms with Crippen molar-refractivity contribution in [3.05, 3.63) is 94.7 Å². The molecule has 0 bridgehead atoms. The zero-order valence-corrected chi connectivity index (χ0v) is 18.7. The van der Waals surface area contributed by atoms with E-state index >= 15 is 0 Å². The number of imide groups is 1. The molecule has 0 fully saturated rings. The summed E-state index contributed by atoms with van der Waals surface area (Å²) in [5, 5.41) is 3.20. The zero-order chi connectivity index (χ0) is 22.8. The van der Waals surface area contributed by atoms with Gasteiger partial charge in [0.05, 0.1) is 17.9 Å². The maximum Gasteiger partial charge on any atom is 0.282 e. The van der Waals surface area contributed by atoms with E-state index in [-0.39, 0.29) is 17.5 Å². The van der Waals surface area contributed by atoms with Crippen molar-refractivity contribution in [1.29, 1.82) is 0 Å². The topological polar surface area (TPSA) is 58.6 Å². The molecular formula is C27H26N2O3. The lowest BCUT2D eigenvalue weighted by molar-refractivity contribution is -0.120. The average Bonchev–Trinajstić information content (AvgIpc) is 3.02. The molecule has 1 N–H and O–H groups in total. The quantitative estimate of drug-likeness (QED) is 0.536. The van der Waals surface area contributed by atoms with E-state index in [2.05, 4.69) is 5.32 Å². The normalized spacial score (nSPS) is 13.7. The molecule has 0 radical (unpaired) electrons. The summed E-state index contributed by atoms with van der Waals surface area (Å²) in [5.41, 5.74) is 5.70. The number of aryl methyl sites for hydroxylation is 3. The Morgan fingerprint density at radius 3 is 2.19 bits per heavy atom. The highest BCUT2D eigenvalue weighted by molar-refractivity contribution is 6.46. The molecule has 3 aromatic rings. The molecule has 1 heterocycles. The minimum absolute atomic E-state index is 0.269. The van der Waals surface area contributed by atoms with Crippen LogP contribution in [0.4, 0.5) is 11.4 Å². The van der Waals surface area contributed by atoms with Crippen molar-refractivity contribution >= 4 is 28.8 Å². The summed E-state index contributed by atoms with van der Waals surface area (Å²) in [6.45, 7) is 8.42. The van der Waals surface area contributed by atoms with Crippen LogP contribution in [0.25, 0.3) is 5.57 Å². The second kappa shape index (κ2) is 8.71. The molecule has 0 aliphatic carbocycles. The summed E-state index contributed by atoms with van der Waals surface area (Å²) in [6, 6.07) is 20.6. The highest BCUT2D eigenvalue weighted by Crippen LogP contribution is 2.35. The molecule has 0 unspecified atom stereocenters. The number of ether oxygens (including phenoxy) is 1. The number of nitrogens with zero attached hydrogens (tertiary/aromatic N) is 1. The number of carbonyl (C=O) groups is 2. The molecule has 0 saturated carbocycles. The summed E-state index contributed by atoms with van der Waals surface area (Å²) in [7, 11) is 0. The van der Waals surface area contributed by atoms with Crippen LogP contribution in [0.5, 0.6) is 5.75 Å². The Morgan fingerprint density at radius 1 is 0.812 bits per heavy atom. The van der Waals surface area contributed by atoms with Crippen molar-refractivity contribution < 1.29 is 14.3 Å². The molecule has 2 amide bonds. The summed E-state index contributed by atoms with van der Waals surface area (Å²) >= 11 is 0. The molecule has 1 aliphatic heterocycles. The molecule has 162 valence electrons. The van der Waals surface area contributed by atoms with E-state index in [0.717, 1.165) is 28.0 Å². The Morgan fingerprint density at radius 2 is 1.53 bits per heavy atom. The van der Waals surface area contributed by atoms with Gasteiger partial charge in [-0.25, -0.2) is 4.90 Å². The first-order chi connectivity index (χ1) is 15.4. The van der Waals surface area contributed by atoms with Gasteiger partial charge >= 0.3 is 0 Å². The van der Waals surface area contributed by atoms with E-state index in [4.69, 9.17) is 4.74 Å². The van der Waals surface area contributed by atoms with Gasteiger partial charge in [-0.3, -0.25) is 9.59 Å². The Balaban J connectivity index is 1.80. The monoisotopic (exact) mass is 426 g/mol. The minimum atomic E-state index is -0.369. The van der Waals surface area contributed by atoms with E-state index in [0.29, 0.717) is 23.6 Å². The Hall–Kier alpha value is -3.86. The van der Waals surface area contributed by atoms with Crippen LogP contribution in [0.3, 0.4) is 0 Å². The SMILES string of the molecule is CCOc1ccc(NC2=C(c3ccc(C)c(C)c3)C(=O)N(c3ccccc3C)C2=O)cc1. The number of hydrogen-bond acceptors (Lipinski definition) is 4. The first kappa shape index (κ1) is 21.4. The van der Waals surface area contributed by atoms with Gasteiger partial charge in [0.25, 0.3) is 11.8 Å². The molecule has 32 heavy (non-hydrogen) atoms. The lowest BCUT2D eigenvalue weighted by Crippen LogP contribution is -2.33. The highest BCUT2D eigenvalue weighted by Gasteiger charge is 2.40. The predicted molar refractivity (Wildman–Crippen MR) is 128 cm³/mol. The number of para-hydroxylation sites is 1. The molecule has 0 spiro atoms. The number of amides is 2. The van der Waals surface area contributed by atoms with Crippen LogP contribution in [0.1, 0.15) is 29.2 Å². The van der Waals surface area contributed by atoms with Gasteiger partial charge < -0.3 is 10.1 Å². The first-order valence-corrected chi connectivity index (χ1v) is 10.7. The van der Waals surface area contributed by atoms with Crippen LogP contribution < -0.4 is 15.0 Å². The number of hydrogen-bond donors (Lipinski definition) is 1. The smallest absolute Gasteiger partial charge is 0.282 e. The molecule has 3 aromatic carbocycles. The van der Waals surface area contributed by atoms with Gasteiger partial charge in [0.1, 0.15) is 11.4 Å². The standard InChI is InChI=1S/C27H26N2O3/c1-5-32-22-14-12-21(13-15-22)28-25-24(20-11-10-17(2)19(4)16-20)26(30)29(27(25)31)23-9-7-6-8-18(23)3/h6-16,28H,5H2,1-4H3. The predicted octanol–water partition coefficient (Wildman–Crippen LogP) is 5.41. The van der Waals surface area contributed by atoms with E-state index in [9.17, 15) is 9.59 Å². The average molecular weight is 427 g/mol. The second-order valence-corrected chi connectivity index (χ2v) is 7.86. The van der Waals surface area contributed by atoms with Crippen LogP contribution in [0.15, 0.2) is 72.4 Å². The van der Waals surface area contributed by atoms with Crippen molar-refractivity contribution in [3.8, 4) is 5.75 Å². The van der Waals surface area contributed by atoms with Crippen LogP contribution in [-0.4, -0.2) is 18.4 Å². The van der Waals surface area contributed by atoms with Crippen molar-refractivity contribution in [2.75, 3.05) is 16.8 Å². The highest BCUT2D eigenvalue weighted by atomic mass is 16.5. The van der Waals surface area contributed by atoms with Gasteiger partial charge in [-0.05, 0) is 80.3 Å². The number of rotatable bonds is 6. The molecule has 1 aliphatic rings. The van der Waals surface area contributed by atoms with Crippen LogP contribution >= 0.6 is 0 Å². The molecule has 4 rings (SSSR count).